The first-order valence-electron chi connectivity index (χ1n) is 7.59. The van der Waals surface area contributed by atoms with E-state index in [0.717, 1.165) is 10.9 Å². The van der Waals surface area contributed by atoms with E-state index in [1.165, 1.54) is 11.8 Å². The third-order valence-corrected chi connectivity index (χ3v) is 4.39. The number of benzene rings is 1. The molecule has 1 amide bonds. The van der Waals surface area contributed by atoms with Gasteiger partial charge in [-0.1, -0.05) is 36.0 Å². The molecule has 128 valence electrons. The van der Waals surface area contributed by atoms with Gasteiger partial charge in [0.2, 0.25) is 5.91 Å². The fraction of sp³-hybridized carbons (Fsp3) is 0.176. The molecule has 0 aliphatic carbocycles. The van der Waals surface area contributed by atoms with Gasteiger partial charge in [-0.15, -0.1) is 16.8 Å². The Morgan fingerprint density at radius 3 is 2.96 bits per heavy atom. The maximum atomic E-state index is 11.0. The monoisotopic (exact) mass is 355 g/mol. The average molecular weight is 355 g/mol. The molecule has 2 aromatic heterocycles. The number of nitrogens with two attached hydrogens (primary N) is 1. The Hall–Kier alpha value is -2.87. The van der Waals surface area contributed by atoms with Gasteiger partial charge in [0, 0.05) is 18.1 Å². The lowest BCUT2D eigenvalue weighted by atomic mass is 10.2. The Morgan fingerprint density at radius 1 is 1.32 bits per heavy atom. The number of nitrogens with zero attached hydrogens (tertiary/aromatic N) is 4. The van der Waals surface area contributed by atoms with Gasteiger partial charge in [-0.3, -0.25) is 14.3 Å². The molecule has 3 aromatic rings. The number of pyridine rings is 1. The van der Waals surface area contributed by atoms with Crippen molar-refractivity contribution in [3.05, 3.63) is 55.0 Å². The summed E-state index contributed by atoms with van der Waals surface area (Å²) in [5, 5.41) is 9.87. The number of carbonyl (C=O) groups is 1. The minimum Gasteiger partial charge on any atom is -0.483 e. The van der Waals surface area contributed by atoms with Crippen LogP contribution in [0.4, 0.5) is 0 Å². The molecule has 0 saturated carbocycles. The largest absolute Gasteiger partial charge is 0.483 e. The highest BCUT2D eigenvalue weighted by atomic mass is 32.2. The van der Waals surface area contributed by atoms with Gasteiger partial charge in [-0.25, -0.2) is 0 Å². The van der Waals surface area contributed by atoms with Crippen LogP contribution in [-0.4, -0.2) is 31.4 Å². The minimum atomic E-state index is -0.405. The first-order valence-corrected chi connectivity index (χ1v) is 8.58. The maximum Gasteiger partial charge on any atom is 0.227 e. The third-order valence-electron chi connectivity index (χ3n) is 3.40. The quantitative estimate of drug-likeness (QED) is 0.491. The van der Waals surface area contributed by atoms with Gasteiger partial charge in [0.1, 0.15) is 17.9 Å². The van der Waals surface area contributed by atoms with Crippen molar-refractivity contribution in [2.24, 2.45) is 5.73 Å². The molecular formula is C17H17N5O2S. The predicted octanol–water partition coefficient (Wildman–Crippen LogP) is 2.17. The number of aromatic nitrogens is 4. The van der Waals surface area contributed by atoms with Crippen LogP contribution in [0, 0.1) is 0 Å². The third kappa shape index (κ3) is 3.97. The van der Waals surface area contributed by atoms with Crippen LogP contribution in [0.2, 0.25) is 0 Å². The van der Waals surface area contributed by atoms with Gasteiger partial charge in [0.25, 0.3) is 0 Å². The lowest BCUT2D eigenvalue weighted by molar-refractivity contribution is -0.115. The van der Waals surface area contributed by atoms with E-state index < -0.39 is 5.91 Å². The van der Waals surface area contributed by atoms with E-state index in [0.29, 0.717) is 23.3 Å². The number of fused-ring (bicyclic) bond motifs is 1. The number of para-hydroxylation sites is 1. The van der Waals surface area contributed by atoms with Crippen molar-refractivity contribution in [2.45, 2.75) is 18.3 Å². The Labute approximate surface area is 148 Å². The van der Waals surface area contributed by atoms with Crippen molar-refractivity contribution in [1.82, 2.24) is 19.7 Å². The van der Waals surface area contributed by atoms with E-state index in [9.17, 15) is 4.79 Å². The minimum absolute atomic E-state index is 0.142. The zero-order valence-corrected chi connectivity index (χ0v) is 14.3. The van der Waals surface area contributed by atoms with E-state index in [-0.39, 0.29) is 12.4 Å². The van der Waals surface area contributed by atoms with Gasteiger partial charge in [0.05, 0.1) is 5.75 Å². The summed E-state index contributed by atoms with van der Waals surface area (Å²) < 4.78 is 7.76. The van der Waals surface area contributed by atoms with Crippen molar-refractivity contribution in [2.75, 3.05) is 5.75 Å². The number of carbonyl (C=O) groups excluding carboxylic acids is 1. The van der Waals surface area contributed by atoms with Crippen molar-refractivity contribution >= 4 is 28.6 Å². The highest BCUT2D eigenvalue weighted by Gasteiger charge is 2.14. The average Bonchev–Trinajstić information content (AvgIpc) is 3.00. The number of hydrogen-bond acceptors (Lipinski definition) is 6. The molecule has 0 aliphatic heterocycles. The summed E-state index contributed by atoms with van der Waals surface area (Å²) >= 11 is 1.24. The lowest BCUT2D eigenvalue weighted by Gasteiger charge is -2.10. The summed E-state index contributed by atoms with van der Waals surface area (Å²) in [7, 11) is 0. The summed E-state index contributed by atoms with van der Waals surface area (Å²) in [5.74, 6) is 1.05. The van der Waals surface area contributed by atoms with Crippen LogP contribution < -0.4 is 10.5 Å². The molecule has 2 N–H and O–H groups in total. The van der Waals surface area contributed by atoms with Gasteiger partial charge in [-0.05, 0) is 12.1 Å². The second-order valence-corrected chi connectivity index (χ2v) is 6.12. The number of rotatable bonds is 8. The molecule has 0 fully saturated rings. The summed E-state index contributed by atoms with van der Waals surface area (Å²) in [6.07, 6.45) is 3.47. The van der Waals surface area contributed by atoms with Gasteiger partial charge >= 0.3 is 0 Å². The van der Waals surface area contributed by atoms with Crippen LogP contribution in [-0.2, 0) is 17.9 Å². The molecule has 0 atom stereocenters. The van der Waals surface area contributed by atoms with Crippen molar-refractivity contribution in [1.29, 1.82) is 0 Å². The lowest BCUT2D eigenvalue weighted by Crippen LogP contribution is -2.14. The number of primary amides is 1. The number of amides is 1. The Bertz CT molecular complexity index is 904. The van der Waals surface area contributed by atoms with Crippen molar-refractivity contribution < 1.29 is 9.53 Å². The molecule has 0 radical (unpaired) electrons. The number of allylic oxidation sites excluding steroid dienone is 1. The zero-order valence-electron chi connectivity index (χ0n) is 13.5. The normalized spacial score (nSPS) is 10.7. The molecule has 0 bridgehead atoms. The van der Waals surface area contributed by atoms with Crippen LogP contribution in [0.25, 0.3) is 10.9 Å². The van der Waals surface area contributed by atoms with E-state index in [2.05, 4.69) is 21.8 Å². The summed E-state index contributed by atoms with van der Waals surface area (Å²) in [5.41, 5.74) is 5.98. The molecular weight excluding hydrogens is 338 g/mol. The first kappa shape index (κ1) is 17.0. The van der Waals surface area contributed by atoms with Gasteiger partial charge in [-0.2, -0.15) is 0 Å². The number of thioether (sulfide) groups is 1. The molecule has 0 spiro atoms. The SMILES string of the molecule is C=CCn1c(COc2cccc3cccnc23)nnc1SCC(N)=O. The smallest absolute Gasteiger partial charge is 0.227 e. The Balaban J connectivity index is 1.80. The number of hydrogen-bond donors (Lipinski definition) is 1. The molecule has 0 saturated heterocycles. The fourth-order valence-corrected chi connectivity index (χ4v) is 3.02. The summed E-state index contributed by atoms with van der Waals surface area (Å²) in [6.45, 7) is 4.49. The standard InChI is InChI=1S/C17H17N5O2S/c1-2-9-22-15(20-21-17(22)25-11-14(18)23)10-24-13-7-3-5-12-6-4-8-19-16(12)13/h2-8H,1,9-11H2,(H2,18,23). The first-order chi connectivity index (χ1) is 12.2. The Kier molecular flexibility index (Phi) is 5.30. The second kappa shape index (κ2) is 7.80. The van der Waals surface area contributed by atoms with E-state index in [4.69, 9.17) is 10.5 Å². The molecule has 1 aromatic carbocycles. The molecule has 2 heterocycles. The van der Waals surface area contributed by atoms with Crippen molar-refractivity contribution in [3.8, 4) is 5.75 Å². The molecule has 0 unspecified atom stereocenters. The topological polar surface area (TPSA) is 95.9 Å². The number of ether oxygens (including phenoxy) is 1. The van der Waals surface area contributed by atoms with Crippen LogP contribution >= 0.6 is 11.8 Å². The summed E-state index contributed by atoms with van der Waals surface area (Å²) in [6, 6.07) is 9.63. The van der Waals surface area contributed by atoms with E-state index >= 15 is 0 Å². The van der Waals surface area contributed by atoms with Crippen LogP contribution in [0.3, 0.4) is 0 Å². The highest BCUT2D eigenvalue weighted by molar-refractivity contribution is 7.99. The molecule has 8 heteroatoms. The van der Waals surface area contributed by atoms with Crippen LogP contribution in [0.1, 0.15) is 5.82 Å². The predicted molar refractivity (Wildman–Crippen MR) is 96.2 cm³/mol. The Morgan fingerprint density at radius 2 is 2.16 bits per heavy atom. The molecule has 7 nitrogen and oxygen atoms in total. The van der Waals surface area contributed by atoms with Crippen molar-refractivity contribution in [3.63, 3.8) is 0 Å². The van der Waals surface area contributed by atoms with Crippen LogP contribution in [0.5, 0.6) is 5.75 Å². The van der Waals surface area contributed by atoms with Crippen LogP contribution in [0.15, 0.2) is 54.3 Å². The summed E-state index contributed by atoms with van der Waals surface area (Å²) in [4.78, 5) is 15.3. The molecule has 3 rings (SSSR count). The molecule has 25 heavy (non-hydrogen) atoms. The molecule has 0 aliphatic rings. The second-order valence-electron chi connectivity index (χ2n) is 5.17. The fourth-order valence-electron chi connectivity index (χ4n) is 2.32. The van der Waals surface area contributed by atoms with E-state index in [1.54, 1.807) is 12.3 Å². The zero-order chi connectivity index (χ0) is 17.6. The maximum absolute atomic E-state index is 11.0. The van der Waals surface area contributed by atoms with Gasteiger partial charge < -0.3 is 10.5 Å². The van der Waals surface area contributed by atoms with E-state index in [1.807, 2.05) is 34.9 Å². The van der Waals surface area contributed by atoms with Gasteiger partial charge in [0.15, 0.2) is 11.0 Å². The highest BCUT2D eigenvalue weighted by Crippen LogP contribution is 2.24.